The minimum absolute atomic E-state index is 0.152. The van der Waals surface area contributed by atoms with Crippen LogP contribution in [-0.2, 0) is 12.8 Å². The summed E-state index contributed by atoms with van der Waals surface area (Å²) in [5.41, 5.74) is 1.70. The Bertz CT molecular complexity index is 289. The highest BCUT2D eigenvalue weighted by Crippen LogP contribution is 2.37. The molecule has 1 aromatic carbocycles. The molecule has 0 spiro atoms. The van der Waals surface area contributed by atoms with Crippen LogP contribution in [0.3, 0.4) is 0 Å². The quantitative estimate of drug-likeness (QED) is 0.584. The second kappa shape index (κ2) is 2.76. The standard InChI is InChI=1S/C10H9F3/c11-10(12,13)9-5-7-3-1-2-4-8(7)6-9/h1-4,9H,5-6H2. The fourth-order valence-electron chi connectivity index (χ4n) is 1.79. The van der Waals surface area contributed by atoms with Gasteiger partial charge in [0.15, 0.2) is 0 Å². The molecule has 0 N–H and O–H groups in total. The second-order valence-corrected chi connectivity index (χ2v) is 3.42. The third-order valence-corrected chi connectivity index (χ3v) is 2.51. The zero-order valence-corrected chi connectivity index (χ0v) is 6.93. The van der Waals surface area contributed by atoms with E-state index in [4.69, 9.17) is 0 Å². The van der Waals surface area contributed by atoms with E-state index in [2.05, 4.69) is 0 Å². The number of fused-ring (bicyclic) bond motifs is 1. The maximum absolute atomic E-state index is 12.3. The van der Waals surface area contributed by atoms with Gasteiger partial charge in [0.1, 0.15) is 0 Å². The fourth-order valence-corrected chi connectivity index (χ4v) is 1.79. The SMILES string of the molecule is FC(F)(F)C1Cc2ccccc2C1. The van der Waals surface area contributed by atoms with Crippen molar-refractivity contribution in [1.29, 1.82) is 0 Å². The molecule has 0 aliphatic heterocycles. The predicted molar refractivity (Wildman–Crippen MR) is 43.4 cm³/mol. The van der Waals surface area contributed by atoms with Crippen LogP contribution >= 0.6 is 0 Å². The second-order valence-electron chi connectivity index (χ2n) is 3.42. The highest BCUT2D eigenvalue weighted by atomic mass is 19.4. The number of halogens is 3. The lowest BCUT2D eigenvalue weighted by molar-refractivity contribution is -0.171. The van der Waals surface area contributed by atoms with E-state index in [0.29, 0.717) is 0 Å². The summed E-state index contributed by atoms with van der Waals surface area (Å²) in [5, 5.41) is 0. The molecule has 70 valence electrons. The first-order valence-corrected chi connectivity index (χ1v) is 4.21. The van der Waals surface area contributed by atoms with Crippen molar-refractivity contribution >= 4 is 0 Å². The van der Waals surface area contributed by atoms with Gasteiger partial charge in [0.2, 0.25) is 0 Å². The van der Waals surface area contributed by atoms with E-state index >= 15 is 0 Å². The molecule has 0 heterocycles. The molecule has 0 fully saturated rings. The lowest BCUT2D eigenvalue weighted by Gasteiger charge is -2.12. The molecule has 0 atom stereocenters. The van der Waals surface area contributed by atoms with Gasteiger partial charge in [0.05, 0.1) is 5.92 Å². The number of hydrogen-bond donors (Lipinski definition) is 0. The van der Waals surface area contributed by atoms with E-state index in [-0.39, 0.29) is 12.8 Å². The Morgan fingerprint density at radius 3 is 1.85 bits per heavy atom. The van der Waals surface area contributed by atoms with Gasteiger partial charge in [-0.3, -0.25) is 0 Å². The fraction of sp³-hybridized carbons (Fsp3) is 0.400. The van der Waals surface area contributed by atoms with Gasteiger partial charge in [-0.15, -0.1) is 0 Å². The molecule has 2 rings (SSSR count). The molecule has 0 unspecified atom stereocenters. The number of rotatable bonds is 0. The highest BCUT2D eigenvalue weighted by Gasteiger charge is 2.42. The van der Waals surface area contributed by atoms with Crippen LogP contribution < -0.4 is 0 Å². The molecule has 0 nitrogen and oxygen atoms in total. The van der Waals surface area contributed by atoms with Gasteiger partial charge in [-0.25, -0.2) is 0 Å². The minimum atomic E-state index is -4.04. The number of benzene rings is 1. The highest BCUT2D eigenvalue weighted by molar-refractivity contribution is 5.32. The largest absolute Gasteiger partial charge is 0.392 e. The summed E-state index contributed by atoms with van der Waals surface area (Å²) in [7, 11) is 0. The summed E-state index contributed by atoms with van der Waals surface area (Å²) in [5.74, 6) is -1.16. The first-order chi connectivity index (χ1) is 6.07. The van der Waals surface area contributed by atoms with Gasteiger partial charge in [-0.1, -0.05) is 24.3 Å². The average molecular weight is 186 g/mol. The molecule has 3 heteroatoms. The maximum atomic E-state index is 12.3. The summed E-state index contributed by atoms with van der Waals surface area (Å²) < 4.78 is 37.0. The number of hydrogen-bond acceptors (Lipinski definition) is 0. The van der Waals surface area contributed by atoms with Gasteiger partial charge >= 0.3 is 6.18 Å². The van der Waals surface area contributed by atoms with Crippen LogP contribution in [0.1, 0.15) is 11.1 Å². The third-order valence-electron chi connectivity index (χ3n) is 2.51. The molecule has 13 heavy (non-hydrogen) atoms. The van der Waals surface area contributed by atoms with E-state index in [1.807, 2.05) is 0 Å². The Balaban J connectivity index is 2.23. The van der Waals surface area contributed by atoms with Crippen molar-refractivity contribution in [3.05, 3.63) is 35.4 Å². The van der Waals surface area contributed by atoms with Crippen molar-refractivity contribution in [3.8, 4) is 0 Å². The van der Waals surface area contributed by atoms with Crippen LogP contribution in [0.25, 0.3) is 0 Å². The molecule has 0 bridgehead atoms. The van der Waals surface area contributed by atoms with Gasteiger partial charge in [0, 0.05) is 0 Å². The van der Waals surface area contributed by atoms with Crippen LogP contribution in [-0.4, -0.2) is 6.18 Å². The Hall–Kier alpha value is -0.990. The third kappa shape index (κ3) is 1.55. The van der Waals surface area contributed by atoms with E-state index in [1.165, 1.54) is 0 Å². The zero-order chi connectivity index (χ0) is 9.47. The normalized spacial score (nSPS) is 17.5. The Kier molecular flexibility index (Phi) is 1.82. The van der Waals surface area contributed by atoms with Gasteiger partial charge in [-0.05, 0) is 24.0 Å². The molecule has 0 radical (unpaired) electrons. The van der Waals surface area contributed by atoms with Crippen molar-refractivity contribution < 1.29 is 13.2 Å². The van der Waals surface area contributed by atoms with Crippen LogP contribution in [0, 0.1) is 5.92 Å². The van der Waals surface area contributed by atoms with Gasteiger partial charge < -0.3 is 0 Å². The molecule has 1 aliphatic rings. The van der Waals surface area contributed by atoms with Crippen molar-refractivity contribution in [2.75, 3.05) is 0 Å². The van der Waals surface area contributed by atoms with Crippen molar-refractivity contribution in [2.24, 2.45) is 5.92 Å². The molecular weight excluding hydrogens is 177 g/mol. The topological polar surface area (TPSA) is 0 Å². The zero-order valence-electron chi connectivity index (χ0n) is 6.93. The summed E-state index contributed by atoms with van der Waals surface area (Å²) in [6.07, 6.45) is -3.74. The summed E-state index contributed by atoms with van der Waals surface area (Å²) in [6.45, 7) is 0. The summed E-state index contributed by atoms with van der Waals surface area (Å²) in [4.78, 5) is 0. The van der Waals surface area contributed by atoms with Crippen LogP contribution in [0.15, 0.2) is 24.3 Å². The molecule has 0 amide bonds. The Labute approximate surface area is 74.4 Å². The smallest absolute Gasteiger partial charge is 0.171 e. The van der Waals surface area contributed by atoms with Crippen LogP contribution in [0.4, 0.5) is 13.2 Å². The first kappa shape index (κ1) is 8.60. The van der Waals surface area contributed by atoms with E-state index in [1.54, 1.807) is 24.3 Å². The average Bonchev–Trinajstić information content (AvgIpc) is 2.45. The van der Waals surface area contributed by atoms with Gasteiger partial charge in [-0.2, -0.15) is 13.2 Å². The van der Waals surface area contributed by atoms with E-state index < -0.39 is 12.1 Å². The Morgan fingerprint density at radius 1 is 1.00 bits per heavy atom. The molecule has 0 saturated carbocycles. The lowest BCUT2D eigenvalue weighted by Crippen LogP contribution is -2.22. The first-order valence-electron chi connectivity index (χ1n) is 4.21. The summed E-state index contributed by atoms with van der Waals surface area (Å²) >= 11 is 0. The van der Waals surface area contributed by atoms with E-state index in [9.17, 15) is 13.2 Å². The monoisotopic (exact) mass is 186 g/mol. The van der Waals surface area contributed by atoms with Crippen LogP contribution in [0.2, 0.25) is 0 Å². The van der Waals surface area contributed by atoms with Crippen molar-refractivity contribution in [3.63, 3.8) is 0 Å². The molecular formula is C10H9F3. The van der Waals surface area contributed by atoms with E-state index in [0.717, 1.165) is 11.1 Å². The van der Waals surface area contributed by atoms with Crippen molar-refractivity contribution in [1.82, 2.24) is 0 Å². The lowest BCUT2D eigenvalue weighted by atomic mass is 10.1. The molecule has 0 saturated heterocycles. The molecule has 0 aromatic heterocycles. The predicted octanol–water partition coefficient (Wildman–Crippen LogP) is 2.96. The number of alkyl halides is 3. The summed E-state index contributed by atoms with van der Waals surface area (Å²) in [6, 6.07) is 7.14. The van der Waals surface area contributed by atoms with Crippen LogP contribution in [0.5, 0.6) is 0 Å². The molecule has 1 aliphatic carbocycles. The van der Waals surface area contributed by atoms with Crippen molar-refractivity contribution in [2.45, 2.75) is 19.0 Å². The Morgan fingerprint density at radius 2 is 1.46 bits per heavy atom. The minimum Gasteiger partial charge on any atom is -0.171 e. The van der Waals surface area contributed by atoms with Gasteiger partial charge in [0.25, 0.3) is 0 Å². The maximum Gasteiger partial charge on any atom is 0.392 e. The molecule has 1 aromatic rings.